The fourth-order valence-corrected chi connectivity index (χ4v) is 2.52. The lowest BCUT2D eigenvalue weighted by Crippen LogP contribution is -2.39. The Morgan fingerprint density at radius 1 is 1.24 bits per heavy atom. The molecule has 1 aromatic rings. The molecule has 1 rings (SSSR count). The van der Waals surface area contributed by atoms with Gasteiger partial charge in [-0.15, -0.1) is 0 Å². The van der Waals surface area contributed by atoms with Crippen LogP contribution < -0.4 is 0 Å². The first-order valence-corrected chi connectivity index (χ1v) is 8.37. The molecular weight excluding hydrogens is 262 g/mol. The van der Waals surface area contributed by atoms with E-state index in [2.05, 4.69) is 44.8 Å². The molecule has 0 radical (unpaired) electrons. The van der Waals surface area contributed by atoms with Crippen molar-refractivity contribution < 1.29 is 4.79 Å². The predicted octanol–water partition coefficient (Wildman–Crippen LogP) is 4.35. The van der Waals surface area contributed by atoms with E-state index in [1.54, 1.807) is 0 Å². The molecule has 1 unspecified atom stereocenters. The van der Waals surface area contributed by atoms with E-state index < -0.39 is 0 Å². The van der Waals surface area contributed by atoms with E-state index in [0.29, 0.717) is 11.6 Å². The van der Waals surface area contributed by atoms with Gasteiger partial charge >= 0.3 is 0 Å². The second kappa shape index (κ2) is 8.85. The van der Waals surface area contributed by atoms with Crippen LogP contribution in [0.15, 0.2) is 6.07 Å². The van der Waals surface area contributed by atoms with Crippen molar-refractivity contribution in [1.82, 2.24) is 15.1 Å². The molecule has 4 nitrogen and oxygen atoms in total. The van der Waals surface area contributed by atoms with Gasteiger partial charge in [-0.3, -0.25) is 9.89 Å². The number of aromatic amines is 1. The third kappa shape index (κ3) is 5.18. The summed E-state index contributed by atoms with van der Waals surface area (Å²) >= 11 is 0. The highest BCUT2D eigenvalue weighted by molar-refractivity contribution is 5.92. The number of rotatable bonds is 9. The highest BCUT2D eigenvalue weighted by Crippen LogP contribution is 2.16. The van der Waals surface area contributed by atoms with Crippen molar-refractivity contribution in [2.24, 2.45) is 0 Å². The van der Waals surface area contributed by atoms with Gasteiger partial charge in [-0.2, -0.15) is 5.10 Å². The van der Waals surface area contributed by atoms with Crippen LogP contribution in [0.1, 0.15) is 88.8 Å². The number of nitrogens with one attached hydrogen (secondary N) is 1. The third-order valence-electron chi connectivity index (χ3n) is 3.94. The topological polar surface area (TPSA) is 49.0 Å². The third-order valence-corrected chi connectivity index (χ3v) is 3.94. The van der Waals surface area contributed by atoms with Gasteiger partial charge in [0.25, 0.3) is 5.91 Å². The Kier molecular flexibility index (Phi) is 7.48. The number of unbranched alkanes of at least 4 members (excludes halogenated alkanes) is 2. The van der Waals surface area contributed by atoms with Crippen LogP contribution in [-0.4, -0.2) is 33.6 Å². The van der Waals surface area contributed by atoms with Crippen LogP contribution in [0.4, 0.5) is 0 Å². The van der Waals surface area contributed by atoms with Gasteiger partial charge in [-0.05, 0) is 31.7 Å². The number of carbonyl (C=O) groups is 1. The lowest BCUT2D eigenvalue weighted by molar-refractivity contribution is 0.0673. The molecule has 120 valence electrons. The summed E-state index contributed by atoms with van der Waals surface area (Å²) in [5.41, 5.74) is 1.58. The lowest BCUT2D eigenvalue weighted by atomic mass is 10.1. The zero-order valence-corrected chi connectivity index (χ0v) is 14.3. The van der Waals surface area contributed by atoms with Gasteiger partial charge in [0, 0.05) is 18.3 Å². The van der Waals surface area contributed by atoms with Crippen molar-refractivity contribution in [2.75, 3.05) is 6.54 Å². The Morgan fingerprint density at radius 3 is 2.48 bits per heavy atom. The first-order chi connectivity index (χ1) is 10.0. The predicted molar refractivity (Wildman–Crippen MR) is 87.6 cm³/mol. The van der Waals surface area contributed by atoms with Gasteiger partial charge in [0.1, 0.15) is 5.69 Å². The molecular formula is C17H31N3O. The van der Waals surface area contributed by atoms with E-state index in [0.717, 1.165) is 31.5 Å². The standard InChI is InChI=1S/C17H31N3O/c1-6-8-9-11-20(14(5)10-7-2)17(21)16-12-15(13(3)4)18-19-16/h12-14H,6-11H2,1-5H3,(H,18,19). The Balaban J connectivity index is 2.81. The number of hydrogen-bond acceptors (Lipinski definition) is 2. The van der Waals surface area contributed by atoms with Crippen molar-refractivity contribution in [2.45, 2.75) is 78.7 Å². The minimum absolute atomic E-state index is 0.0650. The van der Waals surface area contributed by atoms with E-state index in [1.165, 1.54) is 12.8 Å². The fraction of sp³-hybridized carbons (Fsp3) is 0.765. The largest absolute Gasteiger partial charge is 0.335 e. The summed E-state index contributed by atoms with van der Waals surface area (Å²) in [6.45, 7) is 11.5. The summed E-state index contributed by atoms with van der Waals surface area (Å²) in [5, 5.41) is 7.19. The molecule has 0 spiro atoms. The Hall–Kier alpha value is -1.32. The molecule has 21 heavy (non-hydrogen) atoms. The number of aromatic nitrogens is 2. The molecule has 0 aliphatic carbocycles. The van der Waals surface area contributed by atoms with E-state index in [9.17, 15) is 4.79 Å². The highest BCUT2D eigenvalue weighted by atomic mass is 16.2. The SMILES string of the molecule is CCCCCN(C(=O)c1cc(C(C)C)[nH]n1)C(C)CCC. The van der Waals surface area contributed by atoms with Crippen molar-refractivity contribution >= 4 is 5.91 Å². The maximum atomic E-state index is 12.7. The molecule has 1 amide bonds. The van der Waals surface area contributed by atoms with Crippen molar-refractivity contribution in [1.29, 1.82) is 0 Å². The van der Waals surface area contributed by atoms with Crippen LogP contribution in [0, 0.1) is 0 Å². The lowest BCUT2D eigenvalue weighted by Gasteiger charge is -2.28. The monoisotopic (exact) mass is 293 g/mol. The summed E-state index contributed by atoms with van der Waals surface area (Å²) in [4.78, 5) is 14.7. The van der Waals surface area contributed by atoms with Crippen LogP contribution >= 0.6 is 0 Å². The van der Waals surface area contributed by atoms with E-state index >= 15 is 0 Å². The number of H-pyrrole nitrogens is 1. The van der Waals surface area contributed by atoms with Crippen LogP contribution in [0.3, 0.4) is 0 Å². The summed E-state index contributed by atoms with van der Waals surface area (Å²) in [6.07, 6.45) is 5.54. The minimum atomic E-state index is 0.0650. The average molecular weight is 293 g/mol. The summed E-state index contributed by atoms with van der Waals surface area (Å²) in [6, 6.07) is 2.18. The number of hydrogen-bond donors (Lipinski definition) is 1. The van der Waals surface area contributed by atoms with E-state index in [-0.39, 0.29) is 11.9 Å². The van der Waals surface area contributed by atoms with Gasteiger partial charge in [0.15, 0.2) is 0 Å². The minimum Gasteiger partial charge on any atom is -0.335 e. The maximum Gasteiger partial charge on any atom is 0.274 e. The quantitative estimate of drug-likeness (QED) is 0.688. The molecule has 0 saturated heterocycles. The van der Waals surface area contributed by atoms with E-state index in [1.807, 2.05) is 11.0 Å². The average Bonchev–Trinajstić information content (AvgIpc) is 2.93. The number of nitrogens with zero attached hydrogens (tertiary/aromatic N) is 2. The van der Waals surface area contributed by atoms with Gasteiger partial charge in [-0.25, -0.2) is 0 Å². The zero-order valence-electron chi connectivity index (χ0n) is 14.3. The summed E-state index contributed by atoms with van der Waals surface area (Å²) in [7, 11) is 0. The molecule has 0 aromatic carbocycles. The molecule has 4 heteroatoms. The molecule has 0 bridgehead atoms. The number of amides is 1. The Morgan fingerprint density at radius 2 is 1.95 bits per heavy atom. The number of carbonyl (C=O) groups excluding carboxylic acids is 1. The first kappa shape index (κ1) is 17.7. The molecule has 1 atom stereocenters. The van der Waals surface area contributed by atoms with Crippen molar-refractivity contribution in [3.63, 3.8) is 0 Å². The zero-order chi connectivity index (χ0) is 15.8. The molecule has 1 aromatic heterocycles. The smallest absolute Gasteiger partial charge is 0.274 e. The molecule has 1 heterocycles. The van der Waals surface area contributed by atoms with Crippen molar-refractivity contribution in [3.05, 3.63) is 17.5 Å². The molecule has 0 aliphatic heterocycles. The normalized spacial score (nSPS) is 12.7. The van der Waals surface area contributed by atoms with Gasteiger partial charge in [-0.1, -0.05) is 47.0 Å². The Labute approximate surface area is 129 Å². The second-order valence-corrected chi connectivity index (χ2v) is 6.21. The van der Waals surface area contributed by atoms with Crippen LogP contribution in [0.25, 0.3) is 0 Å². The van der Waals surface area contributed by atoms with Gasteiger partial charge in [0.2, 0.25) is 0 Å². The molecule has 1 N–H and O–H groups in total. The fourth-order valence-electron chi connectivity index (χ4n) is 2.52. The van der Waals surface area contributed by atoms with Crippen LogP contribution in [0.2, 0.25) is 0 Å². The van der Waals surface area contributed by atoms with Crippen molar-refractivity contribution in [3.8, 4) is 0 Å². The second-order valence-electron chi connectivity index (χ2n) is 6.21. The molecule has 0 fully saturated rings. The summed E-state index contributed by atoms with van der Waals surface area (Å²) < 4.78 is 0. The molecule has 0 aliphatic rings. The molecule has 0 saturated carbocycles. The van der Waals surface area contributed by atoms with Gasteiger partial charge in [0.05, 0.1) is 0 Å². The maximum absolute atomic E-state index is 12.7. The van der Waals surface area contributed by atoms with E-state index in [4.69, 9.17) is 0 Å². The van der Waals surface area contributed by atoms with Crippen LogP contribution in [0.5, 0.6) is 0 Å². The van der Waals surface area contributed by atoms with Crippen LogP contribution in [-0.2, 0) is 0 Å². The Bertz CT molecular complexity index is 425. The highest BCUT2D eigenvalue weighted by Gasteiger charge is 2.23. The van der Waals surface area contributed by atoms with Gasteiger partial charge < -0.3 is 4.90 Å². The summed E-state index contributed by atoms with van der Waals surface area (Å²) in [5.74, 6) is 0.427. The first-order valence-electron chi connectivity index (χ1n) is 8.37.